The van der Waals surface area contributed by atoms with Gasteiger partial charge in [-0.3, -0.25) is 4.79 Å². The van der Waals surface area contributed by atoms with Gasteiger partial charge in [-0.1, -0.05) is 35.4 Å². The molecule has 0 radical (unpaired) electrons. The molecule has 2 aromatic carbocycles. The molecule has 0 aliphatic carbocycles. The number of nitrogens with one attached hydrogen (secondary N) is 1. The minimum Gasteiger partial charge on any atom is -0.467 e. The number of sulfonamides is 1. The number of benzene rings is 2. The van der Waals surface area contributed by atoms with Crippen molar-refractivity contribution in [2.45, 2.75) is 48.7 Å². The van der Waals surface area contributed by atoms with Gasteiger partial charge >= 0.3 is 12.1 Å². The quantitative estimate of drug-likeness (QED) is 0.209. The van der Waals surface area contributed by atoms with Crippen LogP contribution in [0.3, 0.4) is 0 Å². The number of ether oxygens (including phenoxy) is 2. The Labute approximate surface area is 231 Å². The third-order valence-electron chi connectivity index (χ3n) is 6.84. The van der Waals surface area contributed by atoms with Gasteiger partial charge in [-0.15, -0.1) is 0 Å². The normalized spacial score (nSPS) is 19.9. The number of esters is 1. The van der Waals surface area contributed by atoms with Crippen molar-refractivity contribution in [1.82, 2.24) is 14.5 Å². The van der Waals surface area contributed by atoms with Crippen LogP contribution in [0.4, 0.5) is 4.79 Å². The first-order valence-corrected chi connectivity index (χ1v) is 14.2. The van der Waals surface area contributed by atoms with Gasteiger partial charge in [0.05, 0.1) is 18.0 Å². The molecule has 13 nitrogen and oxygen atoms in total. The zero-order valence-corrected chi connectivity index (χ0v) is 22.7. The van der Waals surface area contributed by atoms with E-state index in [2.05, 4.69) is 15.3 Å². The predicted octanol–water partition coefficient (Wildman–Crippen LogP) is 2.62. The summed E-state index contributed by atoms with van der Waals surface area (Å²) in [5, 5.41) is 6.24. The van der Waals surface area contributed by atoms with E-state index in [0.29, 0.717) is 24.4 Å². The van der Waals surface area contributed by atoms with E-state index in [-0.39, 0.29) is 24.3 Å². The van der Waals surface area contributed by atoms with E-state index >= 15 is 0 Å². The summed E-state index contributed by atoms with van der Waals surface area (Å²) in [6, 6.07) is 11.0. The minimum atomic E-state index is -4.10. The highest BCUT2D eigenvalue weighted by Crippen LogP contribution is 2.28. The first-order chi connectivity index (χ1) is 19.2. The Kier molecular flexibility index (Phi) is 9.25. The molecule has 1 N–H and O–H groups in total. The molecule has 0 aromatic heterocycles. The van der Waals surface area contributed by atoms with Gasteiger partial charge in [0.15, 0.2) is 0 Å². The van der Waals surface area contributed by atoms with Gasteiger partial charge in [-0.2, -0.15) is 4.31 Å². The van der Waals surface area contributed by atoms with Gasteiger partial charge < -0.3 is 19.7 Å². The lowest BCUT2D eigenvalue weighted by Crippen LogP contribution is -2.51. The van der Waals surface area contributed by atoms with Crippen molar-refractivity contribution in [3.8, 4) is 5.75 Å². The average Bonchev–Trinajstić information content (AvgIpc) is 3.65. The van der Waals surface area contributed by atoms with E-state index in [1.165, 1.54) is 19.2 Å². The summed E-state index contributed by atoms with van der Waals surface area (Å²) in [5.74, 6) is -1.10. The van der Waals surface area contributed by atoms with Crippen molar-refractivity contribution in [2.24, 2.45) is 5.11 Å². The molecule has 0 spiro atoms. The van der Waals surface area contributed by atoms with Crippen LogP contribution in [-0.2, 0) is 30.8 Å². The summed E-state index contributed by atoms with van der Waals surface area (Å²) in [4.78, 5) is 42.6. The second kappa shape index (κ2) is 12.8. The minimum absolute atomic E-state index is 0.00979. The third kappa shape index (κ3) is 6.71. The van der Waals surface area contributed by atoms with Crippen molar-refractivity contribution in [2.75, 3.05) is 26.7 Å². The topological polar surface area (TPSA) is 171 Å². The largest absolute Gasteiger partial charge is 0.467 e. The Morgan fingerprint density at radius 1 is 1.10 bits per heavy atom. The molecular formula is C26H30N6O7S. The molecule has 4 rings (SSSR count). The second-order valence-corrected chi connectivity index (χ2v) is 11.4. The SMILES string of the molecule is COC(=O)[C@H](Cc1ccc(OC(=O)N2CCCC2)cc1)NC(=O)[C@@H]1C[C@@H](N=[N+]=[N-])CN1S(=O)(=O)c1ccccc1. The number of amides is 2. The number of hydrogen-bond acceptors (Lipinski definition) is 8. The standard InChI is InChI=1S/C26H30N6O7S/c1-38-25(34)22(15-18-9-11-20(12-10-18)39-26(35)31-13-5-6-14-31)28-24(33)23-16-19(29-30-27)17-32(23)40(36,37)21-7-3-2-4-8-21/h2-4,7-12,19,22-23H,5-6,13-17H2,1H3,(H,28,33)/t19-,22+,23+/m1/s1. The van der Waals surface area contributed by atoms with Crippen LogP contribution in [0.1, 0.15) is 24.8 Å². The molecule has 2 amide bonds. The van der Waals surface area contributed by atoms with Crippen molar-refractivity contribution in [3.05, 3.63) is 70.6 Å². The van der Waals surface area contributed by atoms with E-state index in [4.69, 9.17) is 15.0 Å². The van der Waals surface area contributed by atoms with E-state index in [1.54, 1.807) is 47.4 Å². The van der Waals surface area contributed by atoms with Gasteiger partial charge in [-0.25, -0.2) is 18.0 Å². The number of nitrogens with zero attached hydrogens (tertiary/aromatic N) is 5. The van der Waals surface area contributed by atoms with E-state index in [1.807, 2.05) is 0 Å². The van der Waals surface area contributed by atoms with Gasteiger partial charge in [0.2, 0.25) is 15.9 Å². The zero-order chi connectivity index (χ0) is 28.7. The van der Waals surface area contributed by atoms with Crippen molar-refractivity contribution < 1.29 is 32.3 Å². The summed E-state index contributed by atoms with van der Waals surface area (Å²) in [7, 11) is -2.92. The molecule has 212 valence electrons. The van der Waals surface area contributed by atoms with Crippen LogP contribution in [0.2, 0.25) is 0 Å². The number of rotatable bonds is 9. The number of carbonyl (C=O) groups excluding carboxylic acids is 3. The molecule has 0 saturated carbocycles. The molecule has 2 aliphatic rings. The fraction of sp³-hybridized carbons (Fsp3) is 0.423. The molecule has 2 aliphatic heterocycles. The molecule has 40 heavy (non-hydrogen) atoms. The maximum atomic E-state index is 13.4. The van der Waals surface area contributed by atoms with Crippen LogP contribution >= 0.6 is 0 Å². The molecule has 2 saturated heterocycles. The molecule has 14 heteroatoms. The number of hydrogen-bond donors (Lipinski definition) is 1. The first-order valence-electron chi connectivity index (χ1n) is 12.8. The summed E-state index contributed by atoms with van der Waals surface area (Å²) in [5.41, 5.74) is 9.54. The zero-order valence-electron chi connectivity index (χ0n) is 21.9. The fourth-order valence-corrected chi connectivity index (χ4v) is 6.43. The molecule has 2 aromatic rings. The molecule has 0 unspecified atom stereocenters. The van der Waals surface area contributed by atoms with Crippen LogP contribution < -0.4 is 10.1 Å². The Bertz CT molecular complexity index is 1370. The Balaban J connectivity index is 1.48. The van der Waals surface area contributed by atoms with E-state index in [0.717, 1.165) is 17.1 Å². The number of azide groups is 1. The molecule has 0 bridgehead atoms. The predicted molar refractivity (Wildman–Crippen MR) is 143 cm³/mol. The maximum Gasteiger partial charge on any atom is 0.415 e. The van der Waals surface area contributed by atoms with Gasteiger partial charge in [-0.05, 0) is 54.6 Å². The lowest BCUT2D eigenvalue weighted by Gasteiger charge is -2.25. The fourth-order valence-electron chi connectivity index (χ4n) is 4.77. The summed E-state index contributed by atoms with van der Waals surface area (Å²) >= 11 is 0. The van der Waals surface area contributed by atoms with Gasteiger partial charge in [0.1, 0.15) is 17.8 Å². The van der Waals surface area contributed by atoms with Crippen molar-refractivity contribution in [3.63, 3.8) is 0 Å². The smallest absolute Gasteiger partial charge is 0.415 e. The lowest BCUT2D eigenvalue weighted by molar-refractivity contribution is -0.145. The lowest BCUT2D eigenvalue weighted by atomic mass is 10.0. The first kappa shape index (κ1) is 28.9. The number of carbonyl (C=O) groups is 3. The molecular weight excluding hydrogens is 540 g/mol. The second-order valence-electron chi connectivity index (χ2n) is 9.49. The highest BCUT2D eigenvalue weighted by molar-refractivity contribution is 7.89. The molecule has 3 atom stereocenters. The monoisotopic (exact) mass is 570 g/mol. The Morgan fingerprint density at radius 2 is 1.77 bits per heavy atom. The number of methoxy groups -OCH3 is 1. The molecule has 2 heterocycles. The maximum absolute atomic E-state index is 13.4. The Morgan fingerprint density at radius 3 is 2.40 bits per heavy atom. The number of likely N-dealkylation sites (tertiary alicyclic amines) is 1. The highest BCUT2D eigenvalue weighted by Gasteiger charge is 2.44. The summed E-state index contributed by atoms with van der Waals surface area (Å²) < 4.78 is 37.9. The van der Waals surface area contributed by atoms with Crippen LogP contribution in [0, 0.1) is 0 Å². The van der Waals surface area contributed by atoms with Crippen molar-refractivity contribution in [1.29, 1.82) is 0 Å². The van der Waals surface area contributed by atoms with Crippen LogP contribution in [0.15, 0.2) is 64.6 Å². The summed E-state index contributed by atoms with van der Waals surface area (Å²) in [6.07, 6.45) is 1.45. The van der Waals surface area contributed by atoms with Gasteiger partial charge in [0.25, 0.3) is 0 Å². The molecule has 2 fully saturated rings. The summed E-state index contributed by atoms with van der Waals surface area (Å²) in [6.45, 7) is 1.14. The van der Waals surface area contributed by atoms with E-state index < -0.39 is 46.1 Å². The van der Waals surface area contributed by atoms with Gasteiger partial charge in [0, 0.05) is 31.0 Å². The third-order valence-corrected chi connectivity index (χ3v) is 8.72. The van der Waals surface area contributed by atoms with Crippen molar-refractivity contribution >= 4 is 28.0 Å². The van der Waals surface area contributed by atoms with E-state index in [9.17, 15) is 22.8 Å². The van der Waals surface area contributed by atoms with Crippen LogP contribution in [0.25, 0.3) is 10.4 Å². The van der Waals surface area contributed by atoms with Crippen LogP contribution in [0.5, 0.6) is 5.75 Å². The Hall–Kier alpha value is -4.13. The average molecular weight is 571 g/mol. The highest BCUT2D eigenvalue weighted by atomic mass is 32.2. The van der Waals surface area contributed by atoms with Crippen LogP contribution in [-0.4, -0.2) is 80.5 Å².